The molecule has 6 heteroatoms. The van der Waals surface area contributed by atoms with Crippen molar-refractivity contribution in [3.05, 3.63) is 320 Å². The summed E-state index contributed by atoms with van der Waals surface area (Å²) in [6.07, 6.45) is 26.6. The summed E-state index contributed by atoms with van der Waals surface area (Å²) in [5.74, 6) is 0. The van der Waals surface area contributed by atoms with Crippen molar-refractivity contribution in [1.29, 1.82) is 0 Å². The number of rotatable bonds is 16. The number of para-hydroxylation sites is 2. The first-order valence-electron chi connectivity index (χ1n) is 27.8. The Morgan fingerprint density at radius 3 is 1.83 bits per heavy atom. The van der Waals surface area contributed by atoms with Gasteiger partial charge in [0.25, 0.3) is 0 Å². The van der Waals surface area contributed by atoms with Gasteiger partial charge in [-0.15, -0.1) is 0 Å². The molecule has 81 heavy (non-hydrogen) atoms. The van der Waals surface area contributed by atoms with Crippen LogP contribution in [0.15, 0.2) is 291 Å². The van der Waals surface area contributed by atoms with Crippen LogP contribution in [-0.4, -0.2) is 50.5 Å². The van der Waals surface area contributed by atoms with E-state index >= 15 is 0 Å². The first kappa shape index (κ1) is 56.2. The molecular weight excluding hydrogens is 985 g/mol. The second-order valence-electron chi connectivity index (χ2n) is 20.7. The zero-order valence-corrected chi connectivity index (χ0v) is 47.4. The lowest BCUT2D eigenvalue weighted by molar-refractivity contribution is 0.183. The van der Waals surface area contributed by atoms with Crippen LogP contribution in [0.1, 0.15) is 39.8 Å². The van der Waals surface area contributed by atoms with Crippen LogP contribution in [0.4, 0.5) is 28.4 Å². The number of hydrogen-bond acceptors (Lipinski definition) is 6. The summed E-state index contributed by atoms with van der Waals surface area (Å²) < 4.78 is 0. The second kappa shape index (κ2) is 27.4. The van der Waals surface area contributed by atoms with E-state index in [0.29, 0.717) is 6.54 Å². The van der Waals surface area contributed by atoms with E-state index in [1.807, 2.05) is 66.7 Å². The van der Waals surface area contributed by atoms with Crippen LogP contribution in [0.3, 0.4) is 0 Å². The van der Waals surface area contributed by atoms with Gasteiger partial charge in [0.1, 0.15) is 0 Å². The standard InChI is InChI=1S/C57H49N3.C11H17N3.C7H8/c1-4-5-10-32-47-40-59(50-35-19-17-33-48(47)50)55-52(45-28-13-7-14-29-45)43(3)53(46-30-15-8-16-31-46)56(54(55)58-39-24-21-25-42(2)44-26-11-6-12-27-44)60-41-57(37-22-9-23-38-57)49-34-18-20-36-51(49)60;1-12-14(3)10-13(2)9-11-7-5-4-6-8-11;1-7-5-3-2-4-6-7/h4-37,39,58H,1-2,38,40-41H2,3H3;4-8H,1,9-10H2,2-3H3;2-6H,1H3/b10-5-,25-21-,39-24-,47-32+;;. The Bertz CT molecular complexity index is 3590. The third kappa shape index (κ3) is 13.5. The topological polar surface area (TPSA) is 37.4 Å². The average Bonchev–Trinajstić information content (AvgIpc) is 4.16. The number of benzene rings is 8. The summed E-state index contributed by atoms with van der Waals surface area (Å²) in [4.78, 5) is 7.31. The molecule has 11 rings (SSSR count). The highest BCUT2D eigenvalue weighted by Crippen LogP contribution is 2.59. The van der Waals surface area contributed by atoms with E-state index in [1.54, 1.807) is 0 Å². The summed E-state index contributed by atoms with van der Waals surface area (Å²) in [5, 5.41) is 9.61. The molecule has 3 aliphatic rings. The molecule has 2 heterocycles. The van der Waals surface area contributed by atoms with Gasteiger partial charge >= 0.3 is 0 Å². The van der Waals surface area contributed by atoms with E-state index in [9.17, 15) is 0 Å². The van der Waals surface area contributed by atoms with Gasteiger partial charge in [-0.2, -0.15) is 5.10 Å². The van der Waals surface area contributed by atoms with Gasteiger partial charge in [0.2, 0.25) is 0 Å². The van der Waals surface area contributed by atoms with Crippen molar-refractivity contribution in [2.45, 2.75) is 32.2 Å². The largest absolute Gasteiger partial charge is 0.358 e. The fourth-order valence-electron chi connectivity index (χ4n) is 11.1. The Kier molecular flexibility index (Phi) is 19.0. The van der Waals surface area contributed by atoms with Crippen molar-refractivity contribution in [3.8, 4) is 22.3 Å². The van der Waals surface area contributed by atoms with Crippen LogP contribution in [-0.2, 0) is 12.0 Å². The molecule has 0 saturated carbocycles. The summed E-state index contributed by atoms with van der Waals surface area (Å²) in [7, 11) is 3.98. The second-order valence-corrected chi connectivity index (χ2v) is 20.7. The Balaban J connectivity index is 0.000000315. The van der Waals surface area contributed by atoms with Crippen LogP contribution in [0.5, 0.6) is 0 Å². The number of nitrogens with one attached hydrogen (secondary N) is 1. The highest BCUT2D eigenvalue weighted by atomic mass is 15.5. The van der Waals surface area contributed by atoms with Gasteiger partial charge in [0, 0.05) is 73.1 Å². The fraction of sp³-hybridized carbons (Fsp3) is 0.133. The Morgan fingerprint density at radius 2 is 1.22 bits per heavy atom. The van der Waals surface area contributed by atoms with Gasteiger partial charge in [-0.1, -0.05) is 268 Å². The minimum absolute atomic E-state index is 0.160. The lowest BCUT2D eigenvalue weighted by Crippen LogP contribution is -2.31. The van der Waals surface area contributed by atoms with E-state index < -0.39 is 0 Å². The fourth-order valence-corrected chi connectivity index (χ4v) is 11.1. The third-order valence-corrected chi connectivity index (χ3v) is 14.9. The number of fused-ring (bicyclic) bond motifs is 3. The van der Waals surface area contributed by atoms with E-state index in [-0.39, 0.29) is 5.41 Å². The summed E-state index contributed by atoms with van der Waals surface area (Å²) >= 11 is 0. The molecule has 0 amide bonds. The predicted molar refractivity (Wildman–Crippen MR) is 349 cm³/mol. The number of allylic oxidation sites excluding steroid dienone is 11. The van der Waals surface area contributed by atoms with E-state index in [1.165, 1.54) is 67.0 Å². The zero-order chi connectivity index (χ0) is 56.4. The maximum absolute atomic E-state index is 4.35. The van der Waals surface area contributed by atoms with E-state index in [4.69, 9.17) is 0 Å². The van der Waals surface area contributed by atoms with Gasteiger partial charge in [0.05, 0.1) is 23.7 Å². The molecule has 0 aromatic heterocycles. The normalized spacial score (nSPS) is 15.4. The van der Waals surface area contributed by atoms with Crippen LogP contribution < -0.4 is 15.1 Å². The van der Waals surface area contributed by atoms with Crippen LogP contribution >= 0.6 is 0 Å². The van der Waals surface area contributed by atoms with Crippen LogP contribution in [0.25, 0.3) is 33.4 Å². The molecule has 404 valence electrons. The minimum atomic E-state index is -0.160. The number of hydrogen-bond donors (Lipinski definition) is 1. The third-order valence-electron chi connectivity index (χ3n) is 14.9. The van der Waals surface area contributed by atoms with Crippen molar-refractivity contribution < 1.29 is 0 Å². The highest BCUT2D eigenvalue weighted by Gasteiger charge is 2.44. The van der Waals surface area contributed by atoms with Gasteiger partial charge in [0.15, 0.2) is 0 Å². The maximum atomic E-state index is 4.35. The number of anilines is 5. The van der Waals surface area contributed by atoms with Crippen molar-refractivity contribution in [2.75, 3.05) is 49.0 Å². The molecular formula is C75H74N6. The SMILES string of the molecule is C=C/C=C\C=C1/CN(c2c(N/C=C\C=C/C(=C)c3ccccc3)c(N3CC4(C=CC=CC4)c4ccccc43)c(-c3ccccc3)c(C)c2-c2ccccc2)c2ccccc21.C=NN(C)CN(C)Cc1ccccc1.Cc1ccccc1. The molecule has 8 aromatic rings. The zero-order valence-electron chi connectivity index (χ0n) is 47.4. The molecule has 6 nitrogen and oxygen atoms in total. The monoisotopic (exact) mass is 1060 g/mol. The summed E-state index contributed by atoms with van der Waals surface area (Å²) in [6, 6.07) is 70.6. The molecule has 1 N–H and O–H groups in total. The van der Waals surface area contributed by atoms with Crippen LogP contribution in [0, 0.1) is 13.8 Å². The molecule has 1 unspecified atom stereocenters. The maximum Gasteiger partial charge on any atom is 0.0876 e. The predicted octanol–water partition coefficient (Wildman–Crippen LogP) is 18.3. The number of hydrazone groups is 1. The highest BCUT2D eigenvalue weighted by molar-refractivity contribution is 6.10. The van der Waals surface area contributed by atoms with Gasteiger partial charge in [-0.25, -0.2) is 0 Å². The molecule has 1 atom stereocenters. The number of nitrogens with zero attached hydrogens (tertiary/aromatic N) is 5. The molecule has 0 saturated heterocycles. The minimum Gasteiger partial charge on any atom is -0.358 e. The smallest absolute Gasteiger partial charge is 0.0876 e. The van der Waals surface area contributed by atoms with Crippen molar-refractivity contribution in [3.63, 3.8) is 0 Å². The average molecular weight is 1060 g/mol. The van der Waals surface area contributed by atoms with Crippen LogP contribution in [0.2, 0.25) is 0 Å². The molecule has 1 spiro atoms. The van der Waals surface area contributed by atoms with Crippen molar-refractivity contribution >= 4 is 46.3 Å². The van der Waals surface area contributed by atoms with Crippen molar-refractivity contribution in [1.82, 2.24) is 9.91 Å². The lowest BCUT2D eigenvalue weighted by atomic mass is 9.77. The molecule has 0 bridgehead atoms. The Hall–Kier alpha value is -9.49. The lowest BCUT2D eigenvalue weighted by Gasteiger charge is -2.35. The molecule has 8 aromatic carbocycles. The van der Waals surface area contributed by atoms with Gasteiger partial charge in [-0.3, -0.25) is 9.91 Å². The van der Waals surface area contributed by atoms with E-state index in [0.717, 1.165) is 54.4 Å². The molecule has 2 aliphatic heterocycles. The van der Waals surface area contributed by atoms with Crippen molar-refractivity contribution in [2.24, 2.45) is 5.10 Å². The molecule has 0 fully saturated rings. The molecule has 1 aliphatic carbocycles. The summed E-state index contributed by atoms with van der Waals surface area (Å²) in [6.45, 7) is 19.4. The first-order chi connectivity index (χ1) is 39.7. The molecule has 0 radical (unpaired) electrons. The Morgan fingerprint density at radius 1 is 0.642 bits per heavy atom. The van der Waals surface area contributed by atoms with E-state index in [2.05, 4.69) is 284 Å². The summed E-state index contributed by atoms with van der Waals surface area (Å²) in [5.41, 5.74) is 20.1. The number of aryl methyl sites for hydroxylation is 1. The van der Waals surface area contributed by atoms with Gasteiger partial charge < -0.3 is 15.1 Å². The van der Waals surface area contributed by atoms with Gasteiger partial charge in [-0.05, 0) is 90.1 Å². The Labute approximate surface area is 482 Å². The quantitative estimate of drug-likeness (QED) is 0.0452. The first-order valence-corrected chi connectivity index (χ1v) is 27.8.